The largest absolute Gasteiger partial charge is 0.409 e. The Balaban J connectivity index is 2.12. The van der Waals surface area contributed by atoms with Crippen LogP contribution in [0.3, 0.4) is 0 Å². The van der Waals surface area contributed by atoms with Gasteiger partial charge in [-0.1, -0.05) is 121 Å². The van der Waals surface area contributed by atoms with E-state index in [0.29, 0.717) is 0 Å². The second kappa shape index (κ2) is 9.05. The first kappa shape index (κ1) is 21.3. The number of rotatable bonds is 7. The Labute approximate surface area is 187 Å². The maximum Gasteiger partial charge on any atom is 0.184 e. The van der Waals surface area contributed by atoms with Crippen LogP contribution in [0.1, 0.15) is 28.4 Å². The molecule has 0 saturated carbocycles. The highest BCUT2D eigenvalue weighted by atomic mass is 28.4. The Morgan fingerprint density at radius 1 is 0.516 bits per heavy atom. The third-order valence-electron chi connectivity index (χ3n) is 5.65. The summed E-state index contributed by atoms with van der Waals surface area (Å²) in [7, 11) is -1.91. The fraction of sp³-hybridized carbons (Fsp3) is 0.172. The number of hydrogen-bond donors (Lipinski definition) is 0. The lowest BCUT2D eigenvalue weighted by atomic mass is 9.64. The molecule has 1 atom stereocenters. The average Bonchev–Trinajstić information content (AvgIpc) is 2.81. The highest BCUT2D eigenvalue weighted by Crippen LogP contribution is 2.51. The highest BCUT2D eigenvalue weighted by molar-refractivity contribution is 6.69. The van der Waals surface area contributed by atoms with E-state index >= 15 is 0 Å². The van der Waals surface area contributed by atoms with Crippen molar-refractivity contribution in [2.75, 3.05) is 0 Å². The van der Waals surface area contributed by atoms with Crippen molar-refractivity contribution in [2.24, 2.45) is 0 Å². The summed E-state index contributed by atoms with van der Waals surface area (Å²) >= 11 is 0. The van der Waals surface area contributed by atoms with Crippen LogP contribution >= 0.6 is 0 Å². The van der Waals surface area contributed by atoms with E-state index in [1.165, 1.54) is 22.3 Å². The monoisotopic (exact) mass is 422 g/mol. The molecule has 2 heteroatoms. The molecule has 0 bridgehead atoms. The zero-order valence-corrected chi connectivity index (χ0v) is 19.5. The average molecular weight is 423 g/mol. The second-order valence-electron chi connectivity index (χ2n) is 8.93. The Kier molecular flexibility index (Phi) is 6.22. The van der Waals surface area contributed by atoms with Crippen LogP contribution in [0.2, 0.25) is 19.6 Å². The molecule has 0 aliphatic rings. The van der Waals surface area contributed by atoms with Gasteiger partial charge in [-0.2, -0.15) is 0 Å². The van der Waals surface area contributed by atoms with Crippen molar-refractivity contribution < 1.29 is 4.43 Å². The fourth-order valence-corrected chi connectivity index (χ4v) is 5.47. The maximum atomic E-state index is 7.09. The van der Waals surface area contributed by atoms with Crippen molar-refractivity contribution in [1.82, 2.24) is 0 Å². The van der Waals surface area contributed by atoms with E-state index in [2.05, 4.69) is 141 Å². The van der Waals surface area contributed by atoms with Gasteiger partial charge in [0.05, 0.1) is 11.5 Å². The molecule has 4 rings (SSSR count). The van der Waals surface area contributed by atoms with Crippen LogP contribution in [0.5, 0.6) is 0 Å². The van der Waals surface area contributed by atoms with Gasteiger partial charge < -0.3 is 4.43 Å². The van der Waals surface area contributed by atoms with Crippen molar-refractivity contribution in [3.05, 3.63) is 144 Å². The minimum Gasteiger partial charge on any atom is -0.409 e. The predicted molar refractivity (Wildman–Crippen MR) is 133 cm³/mol. The third kappa shape index (κ3) is 4.41. The highest BCUT2D eigenvalue weighted by Gasteiger charge is 2.46. The summed E-state index contributed by atoms with van der Waals surface area (Å²) in [6.45, 7) is 6.82. The van der Waals surface area contributed by atoms with Gasteiger partial charge >= 0.3 is 0 Å². The summed E-state index contributed by atoms with van der Waals surface area (Å²) in [5.41, 5.74) is 4.42. The van der Waals surface area contributed by atoms with Gasteiger partial charge in [0.15, 0.2) is 8.32 Å². The predicted octanol–water partition coefficient (Wildman–Crippen LogP) is 7.61. The zero-order chi connectivity index (χ0) is 21.7. The van der Waals surface area contributed by atoms with Gasteiger partial charge in [-0.15, -0.1) is 0 Å². The number of hydrogen-bond acceptors (Lipinski definition) is 1. The first-order chi connectivity index (χ1) is 15.0. The summed E-state index contributed by atoms with van der Waals surface area (Å²) in [5.74, 6) is 0. The Morgan fingerprint density at radius 2 is 0.839 bits per heavy atom. The van der Waals surface area contributed by atoms with Gasteiger partial charge in [0.25, 0.3) is 0 Å². The van der Waals surface area contributed by atoms with Gasteiger partial charge in [-0.3, -0.25) is 0 Å². The van der Waals surface area contributed by atoms with Crippen LogP contribution < -0.4 is 0 Å². The topological polar surface area (TPSA) is 9.23 Å². The van der Waals surface area contributed by atoms with Crippen LogP contribution in [-0.4, -0.2) is 8.32 Å². The van der Waals surface area contributed by atoms with Crippen molar-refractivity contribution in [2.45, 2.75) is 31.2 Å². The van der Waals surface area contributed by atoms with Crippen LogP contribution in [0.25, 0.3) is 0 Å². The molecule has 4 aromatic rings. The standard InChI is InChI=1S/C29H30OSi/c1-31(2,3)30-28(24-16-8-4-9-17-24)29(25-18-10-5-11-19-25,26-20-12-6-13-21-26)27-22-14-7-15-23-27/h4-23,28H,1-3H3. The lowest BCUT2D eigenvalue weighted by Gasteiger charge is -2.45. The van der Waals surface area contributed by atoms with Crippen LogP contribution in [0.4, 0.5) is 0 Å². The van der Waals surface area contributed by atoms with Crippen molar-refractivity contribution in [3.8, 4) is 0 Å². The molecule has 1 nitrogen and oxygen atoms in total. The van der Waals surface area contributed by atoms with E-state index in [0.717, 1.165) is 0 Å². The molecule has 0 saturated heterocycles. The van der Waals surface area contributed by atoms with Crippen LogP contribution in [0.15, 0.2) is 121 Å². The molecule has 0 fully saturated rings. The molecule has 4 aromatic carbocycles. The minimum absolute atomic E-state index is 0.160. The molecule has 1 unspecified atom stereocenters. The summed E-state index contributed by atoms with van der Waals surface area (Å²) in [4.78, 5) is 0. The van der Waals surface area contributed by atoms with Gasteiger partial charge in [-0.25, -0.2) is 0 Å². The fourth-order valence-electron chi connectivity index (χ4n) is 4.45. The van der Waals surface area contributed by atoms with Crippen molar-refractivity contribution >= 4 is 8.32 Å². The lowest BCUT2D eigenvalue weighted by molar-refractivity contribution is 0.141. The first-order valence-electron chi connectivity index (χ1n) is 10.9. The Hall–Kier alpha value is -2.94. The molecule has 0 radical (unpaired) electrons. The van der Waals surface area contributed by atoms with E-state index in [9.17, 15) is 0 Å². The Bertz CT molecular complexity index is 974. The van der Waals surface area contributed by atoms with E-state index in [1.807, 2.05) is 0 Å². The van der Waals surface area contributed by atoms with Crippen molar-refractivity contribution in [3.63, 3.8) is 0 Å². The van der Waals surface area contributed by atoms with E-state index < -0.39 is 13.7 Å². The molecule has 0 aliphatic carbocycles. The van der Waals surface area contributed by atoms with E-state index in [1.54, 1.807) is 0 Å². The second-order valence-corrected chi connectivity index (χ2v) is 13.4. The maximum absolute atomic E-state index is 7.09. The van der Waals surface area contributed by atoms with E-state index in [4.69, 9.17) is 4.43 Å². The quantitative estimate of drug-likeness (QED) is 0.220. The van der Waals surface area contributed by atoms with Crippen LogP contribution in [0, 0.1) is 0 Å². The molecular weight excluding hydrogens is 392 g/mol. The molecule has 156 valence electrons. The van der Waals surface area contributed by atoms with Gasteiger partial charge in [-0.05, 0) is 41.9 Å². The molecular formula is C29H30OSi. The molecule has 0 amide bonds. The lowest BCUT2D eigenvalue weighted by Crippen LogP contribution is -2.42. The van der Waals surface area contributed by atoms with E-state index in [-0.39, 0.29) is 6.10 Å². The normalized spacial score (nSPS) is 13.0. The minimum atomic E-state index is -1.91. The first-order valence-corrected chi connectivity index (χ1v) is 14.3. The summed E-state index contributed by atoms with van der Waals surface area (Å²) < 4.78 is 7.09. The van der Waals surface area contributed by atoms with Gasteiger partial charge in [0, 0.05) is 0 Å². The summed E-state index contributed by atoms with van der Waals surface area (Å²) in [5, 5.41) is 0. The number of benzene rings is 4. The van der Waals surface area contributed by atoms with Crippen molar-refractivity contribution in [1.29, 1.82) is 0 Å². The molecule has 31 heavy (non-hydrogen) atoms. The third-order valence-corrected chi connectivity index (χ3v) is 6.60. The van der Waals surface area contributed by atoms with Crippen LogP contribution in [-0.2, 0) is 9.84 Å². The summed E-state index contributed by atoms with van der Waals surface area (Å²) in [6, 6.07) is 43.2. The van der Waals surface area contributed by atoms with Gasteiger partial charge in [0.1, 0.15) is 0 Å². The molecule has 0 aromatic heterocycles. The van der Waals surface area contributed by atoms with Gasteiger partial charge in [0.2, 0.25) is 0 Å². The molecule has 0 aliphatic heterocycles. The molecule has 0 spiro atoms. The molecule has 0 N–H and O–H groups in total. The SMILES string of the molecule is C[Si](C)(C)OC(c1ccccc1)C(c1ccccc1)(c1ccccc1)c1ccccc1. The zero-order valence-electron chi connectivity index (χ0n) is 18.5. The smallest absolute Gasteiger partial charge is 0.184 e. The molecule has 0 heterocycles. The summed E-state index contributed by atoms with van der Waals surface area (Å²) in [6.07, 6.45) is -0.160. The Morgan fingerprint density at radius 3 is 1.16 bits per heavy atom.